The van der Waals surface area contributed by atoms with E-state index in [1.165, 1.54) is 33.4 Å². The van der Waals surface area contributed by atoms with Crippen LogP contribution in [0, 0.1) is 19.8 Å². The number of aryl methyl sites for hydroxylation is 1. The molecule has 2 atom stereocenters. The molecule has 0 radical (unpaired) electrons. The van der Waals surface area contributed by atoms with Gasteiger partial charge in [-0.2, -0.15) is 0 Å². The normalized spacial score (nSPS) is 21.2. The molecule has 0 aliphatic heterocycles. The summed E-state index contributed by atoms with van der Waals surface area (Å²) in [5, 5.41) is 3.72. The second kappa shape index (κ2) is 8.05. The number of fused-ring (bicyclic) bond motifs is 1. The lowest BCUT2D eigenvalue weighted by Crippen LogP contribution is -2.41. The summed E-state index contributed by atoms with van der Waals surface area (Å²) in [6, 6.07) is 5.09. The Morgan fingerprint density at radius 1 is 1.08 bits per heavy atom. The molecule has 0 heterocycles. The summed E-state index contributed by atoms with van der Waals surface area (Å²) in [6.45, 7) is 20.6. The molecule has 1 N–H and O–H groups in total. The first-order valence-corrected chi connectivity index (χ1v) is 9.84. The Morgan fingerprint density at radius 2 is 1.76 bits per heavy atom. The second-order valence-electron chi connectivity index (χ2n) is 8.31. The maximum absolute atomic E-state index is 6.03. The minimum atomic E-state index is -0.00270. The quantitative estimate of drug-likeness (QED) is 0.681. The summed E-state index contributed by atoms with van der Waals surface area (Å²) in [5.41, 5.74) is 8.68. The SMILES string of the molecule is CCOCC1(CC(C)NCC(C)C)C(C)=C(C)c2c1ccc(C)c2C. The number of nitrogens with one attached hydrogen (secondary N) is 1. The highest BCUT2D eigenvalue weighted by Gasteiger charge is 2.43. The fourth-order valence-electron chi connectivity index (χ4n) is 4.26. The minimum absolute atomic E-state index is 0.00270. The van der Waals surface area contributed by atoms with E-state index in [1.54, 1.807) is 0 Å². The second-order valence-corrected chi connectivity index (χ2v) is 8.31. The van der Waals surface area contributed by atoms with Gasteiger partial charge in [0.1, 0.15) is 0 Å². The van der Waals surface area contributed by atoms with Gasteiger partial charge < -0.3 is 10.1 Å². The third-order valence-corrected chi connectivity index (χ3v) is 5.99. The highest BCUT2D eigenvalue weighted by molar-refractivity contribution is 5.81. The van der Waals surface area contributed by atoms with E-state index in [2.05, 4.69) is 72.8 Å². The molecule has 1 aromatic carbocycles. The topological polar surface area (TPSA) is 21.3 Å². The number of benzene rings is 1. The molecule has 0 aromatic heterocycles. The van der Waals surface area contributed by atoms with Gasteiger partial charge >= 0.3 is 0 Å². The predicted octanol–water partition coefficient (Wildman–Crippen LogP) is 5.41. The van der Waals surface area contributed by atoms with Crippen LogP contribution in [0.15, 0.2) is 17.7 Å². The van der Waals surface area contributed by atoms with E-state index in [9.17, 15) is 0 Å². The number of hydrogen-bond donors (Lipinski definition) is 1. The highest BCUT2D eigenvalue weighted by atomic mass is 16.5. The van der Waals surface area contributed by atoms with Crippen LogP contribution in [0.2, 0.25) is 0 Å². The molecule has 2 nitrogen and oxygen atoms in total. The Bertz CT molecular complexity index is 644. The third-order valence-electron chi connectivity index (χ3n) is 5.99. The van der Waals surface area contributed by atoms with Crippen LogP contribution in [0.4, 0.5) is 0 Å². The van der Waals surface area contributed by atoms with Gasteiger partial charge in [-0.25, -0.2) is 0 Å². The van der Waals surface area contributed by atoms with Crippen molar-refractivity contribution in [2.24, 2.45) is 5.92 Å². The number of hydrogen-bond acceptors (Lipinski definition) is 2. The van der Waals surface area contributed by atoms with Crippen molar-refractivity contribution >= 4 is 5.57 Å². The van der Waals surface area contributed by atoms with Crippen LogP contribution in [0.3, 0.4) is 0 Å². The molecule has 140 valence electrons. The van der Waals surface area contributed by atoms with E-state index in [1.807, 2.05) is 0 Å². The smallest absolute Gasteiger partial charge is 0.0601 e. The Hall–Kier alpha value is -1.12. The number of rotatable bonds is 8. The zero-order valence-electron chi connectivity index (χ0n) is 17.5. The maximum Gasteiger partial charge on any atom is 0.0601 e. The van der Waals surface area contributed by atoms with Crippen molar-refractivity contribution in [1.29, 1.82) is 0 Å². The zero-order valence-corrected chi connectivity index (χ0v) is 17.5. The summed E-state index contributed by atoms with van der Waals surface area (Å²) in [5.74, 6) is 0.671. The molecule has 2 rings (SSSR count). The van der Waals surface area contributed by atoms with Gasteiger partial charge in [-0.15, -0.1) is 0 Å². The Labute approximate surface area is 155 Å². The minimum Gasteiger partial charge on any atom is -0.380 e. The van der Waals surface area contributed by atoms with E-state index < -0.39 is 0 Å². The Balaban J connectivity index is 2.45. The first kappa shape index (κ1) is 20.2. The summed E-state index contributed by atoms with van der Waals surface area (Å²) in [4.78, 5) is 0. The van der Waals surface area contributed by atoms with Crippen molar-refractivity contribution in [2.45, 2.75) is 73.3 Å². The largest absolute Gasteiger partial charge is 0.380 e. The Kier molecular flexibility index (Phi) is 6.51. The van der Waals surface area contributed by atoms with Crippen LogP contribution in [0.25, 0.3) is 5.57 Å². The summed E-state index contributed by atoms with van der Waals surface area (Å²) < 4.78 is 6.03. The molecule has 25 heavy (non-hydrogen) atoms. The summed E-state index contributed by atoms with van der Waals surface area (Å²) in [7, 11) is 0. The standard InChI is InChI=1S/C23H37NO/c1-9-25-14-23(12-17(5)24-13-15(2)3)20(8)19(7)22-18(6)16(4)10-11-21(22)23/h10-11,15,17,24H,9,12-14H2,1-8H3. The van der Waals surface area contributed by atoms with Crippen LogP contribution < -0.4 is 5.32 Å². The van der Waals surface area contributed by atoms with Crippen LogP contribution in [0.5, 0.6) is 0 Å². The monoisotopic (exact) mass is 343 g/mol. The van der Waals surface area contributed by atoms with Gasteiger partial charge in [-0.3, -0.25) is 0 Å². The van der Waals surface area contributed by atoms with Crippen molar-refractivity contribution in [2.75, 3.05) is 19.8 Å². The highest BCUT2D eigenvalue weighted by Crippen LogP contribution is 2.50. The molecule has 0 spiro atoms. The van der Waals surface area contributed by atoms with Gasteiger partial charge in [-0.1, -0.05) is 31.6 Å². The maximum atomic E-state index is 6.03. The van der Waals surface area contributed by atoms with Gasteiger partial charge in [0, 0.05) is 18.1 Å². The first-order valence-electron chi connectivity index (χ1n) is 9.84. The summed E-state index contributed by atoms with van der Waals surface area (Å²) in [6.07, 6.45) is 1.08. The number of ether oxygens (including phenoxy) is 1. The lowest BCUT2D eigenvalue weighted by Gasteiger charge is -2.36. The van der Waals surface area contributed by atoms with Gasteiger partial charge in [0.2, 0.25) is 0 Å². The molecular formula is C23H37NO. The van der Waals surface area contributed by atoms with E-state index in [-0.39, 0.29) is 5.41 Å². The molecule has 0 bridgehead atoms. The molecule has 2 heteroatoms. The number of allylic oxidation sites excluding steroid dienone is 1. The molecule has 1 aliphatic rings. The van der Waals surface area contributed by atoms with E-state index in [4.69, 9.17) is 4.74 Å². The van der Waals surface area contributed by atoms with Crippen molar-refractivity contribution < 1.29 is 4.74 Å². The van der Waals surface area contributed by atoms with Crippen molar-refractivity contribution in [1.82, 2.24) is 5.32 Å². The van der Waals surface area contributed by atoms with Crippen molar-refractivity contribution in [3.63, 3.8) is 0 Å². The van der Waals surface area contributed by atoms with E-state index in [0.717, 1.165) is 26.2 Å². The average molecular weight is 344 g/mol. The van der Waals surface area contributed by atoms with Gasteiger partial charge in [0.25, 0.3) is 0 Å². The zero-order chi connectivity index (χ0) is 18.8. The van der Waals surface area contributed by atoms with Gasteiger partial charge in [-0.05, 0) is 88.3 Å². The lowest BCUT2D eigenvalue weighted by atomic mass is 9.73. The van der Waals surface area contributed by atoms with Gasteiger partial charge in [0.05, 0.1) is 6.61 Å². The molecule has 1 aromatic rings. The predicted molar refractivity (Wildman–Crippen MR) is 109 cm³/mol. The van der Waals surface area contributed by atoms with Crippen LogP contribution in [-0.2, 0) is 10.2 Å². The van der Waals surface area contributed by atoms with Crippen molar-refractivity contribution in [3.8, 4) is 0 Å². The molecule has 1 aliphatic carbocycles. The van der Waals surface area contributed by atoms with Crippen LogP contribution in [-0.4, -0.2) is 25.8 Å². The Morgan fingerprint density at radius 3 is 2.36 bits per heavy atom. The van der Waals surface area contributed by atoms with Gasteiger partial charge in [0.15, 0.2) is 0 Å². The van der Waals surface area contributed by atoms with Crippen molar-refractivity contribution in [3.05, 3.63) is 40.0 Å². The first-order chi connectivity index (χ1) is 11.7. The fourth-order valence-corrected chi connectivity index (χ4v) is 4.26. The molecule has 0 saturated heterocycles. The molecule has 2 unspecified atom stereocenters. The fraction of sp³-hybridized carbons (Fsp3) is 0.652. The summed E-state index contributed by atoms with van der Waals surface area (Å²) >= 11 is 0. The molecule has 0 amide bonds. The third kappa shape index (κ3) is 3.85. The molecule has 0 fully saturated rings. The lowest BCUT2D eigenvalue weighted by molar-refractivity contribution is 0.0983. The average Bonchev–Trinajstić information content (AvgIpc) is 2.77. The molecule has 0 saturated carbocycles. The van der Waals surface area contributed by atoms with E-state index in [0.29, 0.717) is 12.0 Å². The van der Waals surface area contributed by atoms with Crippen LogP contribution in [0.1, 0.15) is 70.2 Å². The molecular weight excluding hydrogens is 306 g/mol. The van der Waals surface area contributed by atoms with E-state index >= 15 is 0 Å². The van der Waals surface area contributed by atoms with Crippen LogP contribution >= 0.6 is 0 Å².